The second kappa shape index (κ2) is 6.68. The fourth-order valence-electron chi connectivity index (χ4n) is 2.56. The van der Waals surface area contributed by atoms with E-state index in [1.807, 2.05) is 18.2 Å². The summed E-state index contributed by atoms with van der Waals surface area (Å²) in [6.45, 7) is 3.05. The summed E-state index contributed by atoms with van der Waals surface area (Å²) in [6, 6.07) is 7.98. The quantitative estimate of drug-likeness (QED) is 0.811. The predicted molar refractivity (Wildman–Crippen MR) is 72.6 cm³/mol. The molecule has 1 N–H and O–H groups in total. The number of methoxy groups -OCH3 is 1. The van der Waals surface area contributed by atoms with Crippen LogP contribution in [0.4, 0.5) is 0 Å². The number of hydrogen-bond acceptors (Lipinski definition) is 4. The van der Waals surface area contributed by atoms with Gasteiger partial charge in [0.15, 0.2) is 0 Å². The summed E-state index contributed by atoms with van der Waals surface area (Å²) in [5.41, 5.74) is 2.20. The van der Waals surface area contributed by atoms with E-state index in [4.69, 9.17) is 9.84 Å². The largest absolute Gasteiger partial charge is 0.469 e. The molecule has 1 aliphatic rings. The summed E-state index contributed by atoms with van der Waals surface area (Å²) >= 11 is 0. The van der Waals surface area contributed by atoms with Crippen LogP contribution in [-0.2, 0) is 22.5 Å². The van der Waals surface area contributed by atoms with Crippen molar-refractivity contribution in [3.8, 4) is 0 Å². The first-order chi connectivity index (χ1) is 9.22. The Labute approximate surface area is 114 Å². The summed E-state index contributed by atoms with van der Waals surface area (Å²) in [5, 5.41) is 9.17. The van der Waals surface area contributed by atoms with Gasteiger partial charge in [-0.2, -0.15) is 0 Å². The monoisotopic (exact) mass is 263 g/mol. The lowest BCUT2D eigenvalue weighted by molar-refractivity contribution is -0.139. The topological polar surface area (TPSA) is 49.8 Å². The Hall–Kier alpha value is -1.39. The second-order valence-corrected chi connectivity index (χ2v) is 5.09. The van der Waals surface area contributed by atoms with Gasteiger partial charge >= 0.3 is 5.97 Å². The Morgan fingerprint density at radius 1 is 1.42 bits per heavy atom. The van der Waals surface area contributed by atoms with E-state index in [0.717, 1.165) is 31.6 Å². The highest BCUT2D eigenvalue weighted by Gasteiger charge is 2.22. The maximum Gasteiger partial charge on any atom is 0.309 e. The van der Waals surface area contributed by atoms with Crippen LogP contribution in [0.15, 0.2) is 24.3 Å². The van der Waals surface area contributed by atoms with E-state index >= 15 is 0 Å². The highest BCUT2D eigenvalue weighted by molar-refractivity contribution is 5.72. The van der Waals surface area contributed by atoms with Crippen molar-refractivity contribution in [1.29, 1.82) is 0 Å². The van der Waals surface area contributed by atoms with Crippen LogP contribution in [0, 0.1) is 5.92 Å². The van der Waals surface area contributed by atoms with Gasteiger partial charge in [0.1, 0.15) is 0 Å². The molecule has 1 aromatic carbocycles. The minimum absolute atomic E-state index is 0.206. The van der Waals surface area contributed by atoms with Crippen LogP contribution in [0.1, 0.15) is 17.5 Å². The highest BCUT2D eigenvalue weighted by atomic mass is 16.5. The van der Waals surface area contributed by atoms with Gasteiger partial charge in [-0.05, 0) is 30.0 Å². The van der Waals surface area contributed by atoms with Gasteiger partial charge in [-0.3, -0.25) is 9.69 Å². The molecule has 0 bridgehead atoms. The fourth-order valence-corrected chi connectivity index (χ4v) is 2.56. The number of ether oxygens (including phenoxy) is 1. The zero-order chi connectivity index (χ0) is 13.7. The first-order valence-corrected chi connectivity index (χ1v) is 6.69. The SMILES string of the molecule is COC(=O)Cc1ccccc1CN1CCC(CO)C1. The Bertz CT molecular complexity index is 433. The lowest BCUT2D eigenvalue weighted by Crippen LogP contribution is -2.22. The Kier molecular flexibility index (Phi) is 4.93. The predicted octanol–water partition coefficient (Wildman–Crippen LogP) is 1.22. The van der Waals surface area contributed by atoms with E-state index in [-0.39, 0.29) is 12.6 Å². The maximum absolute atomic E-state index is 11.4. The van der Waals surface area contributed by atoms with Crippen molar-refractivity contribution in [1.82, 2.24) is 4.90 Å². The van der Waals surface area contributed by atoms with Crippen LogP contribution >= 0.6 is 0 Å². The van der Waals surface area contributed by atoms with Crippen molar-refractivity contribution in [2.75, 3.05) is 26.8 Å². The number of carbonyl (C=O) groups is 1. The van der Waals surface area contributed by atoms with E-state index < -0.39 is 0 Å². The van der Waals surface area contributed by atoms with Crippen molar-refractivity contribution in [2.45, 2.75) is 19.4 Å². The maximum atomic E-state index is 11.4. The van der Waals surface area contributed by atoms with Crippen LogP contribution in [-0.4, -0.2) is 42.8 Å². The number of benzene rings is 1. The van der Waals surface area contributed by atoms with Gasteiger partial charge in [-0.1, -0.05) is 24.3 Å². The van der Waals surface area contributed by atoms with Crippen molar-refractivity contribution in [3.05, 3.63) is 35.4 Å². The van der Waals surface area contributed by atoms with Crippen molar-refractivity contribution in [3.63, 3.8) is 0 Å². The van der Waals surface area contributed by atoms with Crippen LogP contribution < -0.4 is 0 Å². The normalized spacial score (nSPS) is 19.6. The van der Waals surface area contributed by atoms with Crippen LogP contribution in [0.3, 0.4) is 0 Å². The number of aliphatic hydroxyl groups excluding tert-OH is 1. The molecule has 4 heteroatoms. The molecule has 2 rings (SSSR count). The molecule has 0 aliphatic carbocycles. The molecule has 4 nitrogen and oxygen atoms in total. The molecule has 0 spiro atoms. The van der Waals surface area contributed by atoms with Gasteiger partial charge in [0.25, 0.3) is 0 Å². The average molecular weight is 263 g/mol. The van der Waals surface area contributed by atoms with Crippen LogP contribution in [0.2, 0.25) is 0 Å². The molecular formula is C15H21NO3. The first kappa shape index (κ1) is 14.0. The smallest absolute Gasteiger partial charge is 0.309 e. The number of likely N-dealkylation sites (tertiary alicyclic amines) is 1. The molecule has 1 aliphatic heterocycles. The van der Waals surface area contributed by atoms with Crippen molar-refractivity contribution in [2.24, 2.45) is 5.92 Å². The molecule has 0 amide bonds. The van der Waals surface area contributed by atoms with Crippen molar-refractivity contribution >= 4 is 5.97 Å². The molecule has 1 heterocycles. The average Bonchev–Trinajstić information content (AvgIpc) is 2.88. The number of nitrogens with zero attached hydrogens (tertiary/aromatic N) is 1. The third-order valence-electron chi connectivity index (χ3n) is 3.70. The van der Waals surface area contributed by atoms with Gasteiger partial charge in [0.05, 0.1) is 13.5 Å². The third kappa shape index (κ3) is 3.78. The van der Waals surface area contributed by atoms with E-state index in [9.17, 15) is 4.79 Å². The number of aliphatic hydroxyl groups is 1. The molecule has 1 unspecified atom stereocenters. The number of carbonyl (C=O) groups excluding carboxylic acids is 1. The number of rotatable bonds is 5. The molecule has 104 valence electrons. The fraction of sp³-hybridized carbons (Fsp3) is 0.533. The van der Waals surface area contributed by atoms with E-state index in [1.165, 1.54) is 12.7 Å². The van der Waals surface area contributed by atoms with Crippen molar-refractivity contribution < 1.29 is 14.6 Å². The van der Waals surface area contributed by atoms with Gasteiger partial charge in [-0.25, -0.2) is 0 Å². The van der Waals surface area contributed by atoms with Gasteiger partial charge in [0.2, 0.25) is 0 Å². The number of hydrogen-bond donors (Lipinski definition) is 1. The molecule has 0 saturated carbocycles. The summed E-state index contributed by atoms with van der Waals surface area (Å²) in [5.74, 6) is 0.190. The zero-order valence-corrected chi connectivity index (χ0v) is 11.3. The van der Waals surface area contributed by atoms with Gasteiger partial charge < -0.3 is 9.84 Å². The first-order valence-electron chi connectivity index (χ1n) is 6.69. The van der Waals surface area contributed by atoms with Gasteiger partial charge in [-0.15, -0.1) is 0 Å². The van der Waals surface area contributed by atoms with E-state index in [2.05, 4.69) is 11.0 Å². The number of esters is 1. The standard InChI is InChI=1S/C15H21NO3/c1-19-15(18)8-13-4-2-3-5-14(13)10-16-7-6-12(9-16)11-17/h2-5,12,17H,6-11H2,1H3. The summed E-state index contributed by atoms with van der Waals surface area (Å²) in [4.78, 5) is 13.7. The lowest BCUT2D eigenvalue weighted by atomic mass is 10.0. The molecule has 1 fully saturated rings. The third-order valence-corrected chi connectivity index (χ3v) is 3.70. The Morgan fingerprint density at radius 2 is 2.16 bits per heavy atom. The summed E-state index contributed by atoms with van der Waals surface area (Å²) in [7, 11) is 1.41. The molecule has 0 aromatic heterocycles. The second-order valence-electron chi connectivity index (χ2n) is 5.09. The van der Waals surface area contributed by atoms with Gasteiger partial charge in [0, 0.05) is 19.7 Å². The minimum atomic E-state index is -0.206. The van der Waals surface area contributed by atoms with Crippen LogP contribution in [0.5, 0.6) is 0 Å². The Balaban J connectivity index is 2.01. The molecule has 19 heavy (non-hydrogen) atoms. The summed E-state index contributed by atoms with van der Waals surface area (Å²) in [6.07, 6.45) is 1.37. The molecule has 1 atom stereocenters. The zero-order valence-electron chi connectivity index (χ0n) is 11.3. The minimum Gasteiger partial charge on any atom is -0.469 e. The highest BCUT2D eigenvalue weighted by Crippen LogP contribution is 2.20. The van der Waals surface area contributed by atoms with E-state index in [1.54, 1.807) is 0 Å². The molecule has 1 saturated heterocycles. The molecule has 1 aromatic rings. The summed E-state index contributed by atoms with van der Waals surface area (Å²) < 4.78 is 4.73. The van der Waals surface area contributed by atoms with E-state index in [0.29, 0.717) is 12.3 Å². The van der Waals surface area contributed by atoms with Crippen LogP contribution in [0.25, 0.3) is 0 Å². The molecular weight excluding hydrogens is 242 g/mol. The lowest BCUT2D eigenvalue weighted by Gasteiger charge is -2.17. The molecule has 0 radical (unpaired) electrons. The Morgan fingerprint density at radius 3 is 2.79 bits per heavy atom.